The topological polar surface area (TPSA) is 29.3 Å². The van der Waals surface area contributed by atoms with E-state index in [1.165, 1.54) is 56.3 Å². The molecule has 2 heteroatoms. The molecule has 3 rings (SSSR count). The monoisotopic (exact) mass is 286 g/mol. The summed E-state index contributed by atoms with van der Waals surface area (Å²) < 4.78 is 0. The Balaban J connectivity index is 1.92. The van der Waals surface area contributed by atoms with Gasteiger partial charge in [0, 0.05) is 6.54 Å². The minimum Gasteiger partial charge on any atom is -0.328 e. The maximum absolute atomic E-state index is 6.35. The highest BCUT2D eigenvalue weighted by molar-refractivity contribution is 5.39. The van der Waals surface area contributed by atoms with E-state index in [9.17, 15) is 0 Å². The molecular weight excluding hydrogens is 256 g/mol. The summed E-state index contributed by atoms with van der Waals surface area (Å²) in [6, 6.07) is 9.04. The van der Waals surface area contributed by atoms with Crippen LogP contribution in [0.4, 0.5) is 0 Å². The standard InChI is InChI=1S/C19H30N2/c1-3-16-9-12-21(13-10-16)19(14-20)11-8-15(2)17-6-4-5-7-18(17)19/h4-7,15-16H,3,8-14,20H2,1-2H3. The highest BCUT2D eigenvalue weighted by Gasteiger charge is 2.43. The summed E-state index contributed by atoms with van der Waals surface area (Å²) in [5.41, 5.74) is 9.50. The van der Waals surface area contributed by atoms with Crippen molar-refractivity contribution in [3.63, 3.8) is 0 Å². The molecule has 2 aliphatic rings. The molecule has 0 bridgehead atoms. The Kier molecular flexibility index (Phi) is 4.37. The fourth-order valence-electron chi connectivity index (χ4n) is 4.53. The molecule has 1 aromatic carbocycles. The molecule has 2 unspecified atom stereocenters. The second-order valence-corrected chi connectivity index (χ2v) is 7.10. The van der Waals surface area contributed by atoms with E-state index in [-0.39, 0.29) is 5.54 Å². The number of hydrogen-bond acceptors (Lipinski definition) is 2. The van der Waals surface area contributed by atoms with Crippen molar-refractivity contribution < 1.29 is 0 Å². The molecule has 1 aliphatic carbocycles. The Morgan fingerprint density at radius 1 is 1.19 bits per heavy atom. The maximum Gasteiger partial charge on any atom is 0.0586 e. The molecule has 21 heavy (non-hydrogen) atoms. The van der Waals surface area contributed by atoms with E-state index in [1.807, 2.05) is 0 Å². The van der Waals surface area contributed by atoms with Crippen LogP contribution < -0.4 is 5.73 Å². The van der Waals surface area contributed by atoms with Gasteiger partial charge in [-0.3, -0.25) is 4.90 Å². The number of benzene rings is 1. The van der Waals surface area contributed by atoms with Gasteiger partial charge >= 0.3 is 0 Å². The first-order chi connectivity index (χ1) is 10.2. The van der Waals surface area contributed by atoms with Crippen LogP contribution in [0.1, 0.15) is 63.0 Å². The third-order valence-electron chi connectivity index (χ3n) is 6.12. The van der Waals surface area contributed by atoms with Gasteiger partial charge in [0.05, 0.1) is 5.54 Å². The van der Waals surface area contributed by atoms with E-state index in [1.54, 1.807) is 0 Å². The Bertz CT molecular complexity index is 476. The summed E-state index contributed by atoms with van der Waals surface area (Å²) in [6.07, 6.45) is 6.50. The number of likely N-dealkylation sites (tertiary alicyclic amines) is 1. The molecule has 1 aliphatic heterocycles. The molecule has 1 fully saturated rings. The van der Waals surface area contributed by atoms with Crippen molar-refractivity contribution in [3.8, 4) is 0 Å². The van der Waals surface area contributed by atoms with Gasteiger partial charge in [-0.2, -0.15) is 0 Å². The Hall–Kier alpha value is -0.860. The SMILES string of the molecule is CCC1CCN(C2(CN)CCC(C)c3ccccc32)CC1. The van der Waals surface area contributed by atoms with Crippen molar-refractivity contribution in [2.45, 2.75) is 57.4 Å². The molecule has 0 amide bonds. The van der Waals surface area contributed by atoms with Gasteiger partial charge < -0.3 is 5.73 Å². The van der Waals surface area contributed by atoms with Crippen LogP contribution in [0.2, 0.25) is 0 Å². The average molecular weight is 286 g/mol. The number of nitrogens with two attached hydrogens (primary N) is 1. The highest BCUT2D eigenvalue weighted by atomic mass is 15.2. The van der Waals surface area contributed by atoms with Crippen LogP contribution in [0.5, 0.6) is 0 Å². The van der Waals surface area contributed by atoms with Gasteiger partial charge in [0.25, 0.3) is 0 Å². The largest absolute Gasteiger partial charge is 0.328 e. The zero-order valence-electron chi connectivity index (χ0n) is 13.6. The first kappa shape index (κ1) is 15.1. The van der Waals surface area contributed by atoms with Gasteiger partial charge in [-0.1, -0.05) is 44.5 Å². The van der Waals surface area contributed by atoms with E-state index in [0.29, 0.717) is 5.92 Å². The van der Waals surface area contributed by atoms with E-state index < -0.39 is 0 Å². The molecule has 1 aromatic rings. The zero-order valence-corrected chi connectivity index (χ0v) is 13.6. The lowest BCUT2D eigenvalue weighted by atomic mass is 9.70. The minimum absolute atomic E-state index is 0.0990. The lowest BCUT2D eigenvalue weighted by Gasteiger charge is -2.50. The molecular formula is C19H30N2. The number of nitrogens with zero attached hydrogens (tertiary/aromatic N) is 1. The maximum atomic E-state index is 6.35. The normalized spacial score (nSPS) is 31.1. The quantitative estimate of drug-likeness (QED) is 0.914. The van der Waals surface area contributed by atoms with Crippen molar-refractivity contribution in [2.75, 3.05) is 19.6 Å². The third kappa shape index (κ3) is 2.53. The van der Waals surface area contributed by atoms with Crippen LogP contribution in [0.25, 0.3) is 0 Å². The molecule has 0 aromatic heterocycles. The van der Waals surface area contributed by atoms with Crippen LogP contribution in [0.3, 0.4) is 0 Å². The summed E-state index contributed by atoms with van der Waals surface area (Å²) in [5.74, 6) is 1.60. The van der Waals surface area contributed by atoms with Crippen molar-refractivity contribution in [3.05, 3.63) is 35.4 Å². The predicted octanol–water partition coefficient (Wildman–Crippen LogP) is 3.86. The average Bonchev–Trinajstić information content (AvgIpc) is 2.56. The van der Waals surface area contributed by atoms with E-state index in [0.717, 1.165) is 12.5 Å². The number of fused-ring (bicyclic) bond motifs is 1. The van der Waals surface area contributed by atoms with Crippen LogP contribution >= 0.6 is 0 Å². The van der Waals surface area contributed by atoms with Crippen molar-refractivity contribution in [1.29, 1.82) is 0 Å². The van der Waals surface area contributed by atoms with Crippen LogP contribution in [-0.4, -0.2) is 24.5 Å². The fourth-order valence-corrected chi connectivity index (χ4v) is 4.53. The summed E-state index contributed by atoms with van der Waals surface area (Å²) in [4.78, 5) is 2.71. The summed E-state index contributed by atoms with van der Waals surface area (Å²) in [7, 11) is 0. The lowest BCUT2D eigenvalue weighted by molar-refractivity contribution is 0.0358. The Labute approximate surface area is 129 Å². The number of rotatable bonds is 3. The molecule has 1 heterocycles. The number of piperidine rings is 1. The molecule has 2 N–H and O–H groups in total. The van der Waals surface area contributed by atoms with Crippen LogP contribution in [-0.2, 0) is 5.54 Å². The van der Waals surface area contributed by atoms with Crippen molar-refractivity contribution in [2.24, 2.45) is 11.7 Å². The van der Waals surface area contributed by atoms with Crippen molar-refractivity contribution >= 4 is 0 Å². The highest BCUT2D eigenvalue weighted by Crippen LogP contribution is 2.45. The summed E-state index contributed by atoms with van der Waals surface area (Å²) >= 11 is 0. The Morgan fingerprint density at radius 3 is 2.57 bits per heavy atom. The van der Waals surface area contributed by atoms with Gasteiger partial charge in [0.2, 0.25) is 0 Å². The second-order valence-electron chi connectivity index (χ2n) is 7.10. The summed E-state index contributed by atoms with van der Waals surface area (Å²) in [6.45, 7) is 7.89. The van der Waals surface area contributed by atoms with Gasteiger partial charge in [-0.05, 0) is 61.7 Å². The lowest BCUT2D eigenvalue weighted by Crippen LogP contribution is -2.55. The molecule has 0 saturated carbocycles. The molecule has 116 valence electrons. The Morgan fingerprint density at radius 2 is 1.90 bits per heavy atom. The zero-order chi connectivity index (χ0) is 14.9. The van der Waals surface area contributed by atoms with E-state index >= 15 is 0 Å². The van der Waals surface area contributed by atoms with E-state index in [2.05, 4.69) is 43.0 Å². The summed E-state index contributed by atoms with van der Waals surface area (Å²) in [5, 5.41) is 0. The minimum atomic E-state index is 0.0990. The first-order valence-electron chi connectivity index (χ1n) is 8.75. The van der Waals surface area contributed by atoms with Crippen molar-refractivity contribution in [1.82, 2.24) is 4.90 Å². The molecule has 1 saturated heterocycles. The van der Waals surface area contributed by atoms with Gasteiger partial charge in [-0.25, -0.2) is 0 Å². The van der Waals surface area contributed by atoms with Crippen LogP contribution in [0, 0.1) is 5.92 Å². The molecule has 0 radical (unpaired) electrons. The number of hydrogen-bond donors (Lipinski definition) is 1. The van der Waals surface area contributed by atoms with Gasteiger partial charge in [0.15, 0.2) is 0 Å². The van der Waals surface area contributed by atoms with Gasteiger partial charge in [-0.15, -0.1) is 0 Å². The first-order valence-corrected chi connectivity index (χ1v) is 8.75. The van der Waals surface area contributed by atoms with Crippen LogP contribution in [0.15, 0.2) is 24.3 Å². The second kappa shape index (κ2) is 6.10. The molecule has 0 spiro atoms. The van der Waals surface area contributed by atoms with E-state index in [4.69, 9.17) is 5.73 Å². The fraction of sp³-hybridized carbons (Fsp3) is 0.684. The predicted molar refractivity (Wildman–Crippen MR) is 89.4 cm³/mol. The smallest absolute Gasteiger partial charge is 0.0586 e. The third-order valence-corrected chi connectivity index (χ3v) is 6.12. The molecule has 2 nitrogen and oxygen atoms in total. The van der Waals surface area contributed by atoms with Gasteiger partial charge in [0.1, 0.15) is 0 Å². The molecule has 2 atom stereocenters.